The number of carboxylic acids is 1. The summed E-state index contributed by atoms with van der Waals surface area (Å²) in [4.78, 5) is 11.2. The molecule has 0 aliphatic rings. The van der Waals surface area contributed by atoms with E-state index in [1.54, 1.807) is 0 Å². The van der Waals surface area contributed by atoms with E-state index in [1.165, 1.54) is 17.7 Å². The molecule has 0 saturated heterocycles. The van der Waals surface area contributed by atoms with Gasteiger partial charge in [0, 0.05) is 17.3 Å². The monoisotopic (exact) mass is 220 g/mol. The van der Waals surface area contributed by atoms with Crippen LogP contribution in [0.5, 0.6) is 0 Å². The van der Waals surface area contributed by atoms with Gasteiger partial charge in [-0.3, -0.25) is 4.79 Å². The number of carbonyl (C=O) groups is 1. The molecule has 4 nitrogen and oxygen atoms in total. The maximum Gasteiger partial charge on any atom is 0.304 e. The van der Waals surface area contributed by atoms with Crippen LogP contribution in [-0.4, -0.2) is 22.0 Å². The molecular weight excluding hydrogens is 212 g/mol. The van der Waals surface area contributed by atoms with Gasteiger partial charge in [0.2, 0.25) is 0 Å². The average molecular weight is 221 g/mol. The van der Waals surface area contributed by atoms with Gasteiger partial charge in [-0.15, -0.1) is 0 Å². The number of halogens is 1. The molecule has 72 valence electrons. The number of carboxylic acid groups (broad SMARTS) is 1. The van der Waals surface area contributed by atoms with Gasteiger partial charge in [-0.25, -0.2) is 0 Å². The van der Waals surface area contributed by atoms with Crippen molar-refractivity contribution in [3.05, 3.63) is 16.1 Å². The van der Waals surface area contributed by atoms with Gasteiger partial charge in [0.15, 0.2) is 0 Å². The predicted octanol–water partition coefficient (Wildman–Crippen LogP) is 1.31. The quantitative estimate of drug-likeness (QED) is 0.802. The smallest absolute Gasteiger partial charge is 0.304 e. The summed E-state index contributed by atoms with van der Waals surface area (Å²) in [5.74, 6) is -1.10. The molecule has 0 radical (unpaired) electrons. The molecule has 1 aromatic rings. The van der Waals surface area contributed by atoms with Gasteiger partial charge in [-0.05, 0) is 11.5 Å². The summed E-state index contributed by atoms with van der Waals surface area (Å²) in [5, 5.41) is 9.09. The molecule has 0 aliphatic heterocycles. The van der Waals surface area contributed by atoms with E-state index >= 15 is 0 Å². The van der Waals surface area contributed by atoms with Crippen molar-refractivity contribution in [2.45, 2.75) is 12.3 Å². The van der Waals surface area contributed by atoms with Crippen LogP contribution in [0.2, 0.25) is 5.02 Å². The van der Waals surface area contributed by atoms with E-state index in [2.05, 4.69) is 4.37 Å². The van der Waals surface area contributed by atoms with E-state index in [9.17, 15) is 4.79 Å². The predicted molar refractivity (Wildman–Crippen MR) is 51.2 cm³/mol. The second kappa shape index (κ2) is 4.55. The third-order valence-electron chi connectivity index (χ3n) is 1.63. The Bertz CT molecular complexity index is 302. The largest absolute Gasteiger partial charge is 0.481 e. The number of aliphatic carboxylic acids is 1. The van der Waals surface area contributed by atoms with Crippen molar-refractivity contribution in [3.63, 3.8) is 0 Å². The van der Waals surface area contributed by atoms with Crippen LogP contribution in [0, 0.1) is 0 Å². The van der Waals surface area contributed by atoms with Crippen molar-refractivity contribution < 1.29 is 9.90 Å². The Morgan fingerprint density at radius 3 is 2.92 bits per heavy atom. The second-order valence-electron chi connectivity index (χ2n) is 2.57. The Hall–Kier alpha value is -0.650. The van der Waals surface area contributed by atoms with Crippen molar-refractivity contribution in [2.24, 2.45) is 5.73 Å². The molecule has 0 amide bonds. The highest BCUT2D eigenvalue weighted by Crippen LogP contribution is 2.29. The lowest BCUT2D eigenvalue weighted by molar-refractivity contribution is -0.137. The first-order chi connectivity index (χ1) is 6.15. The minimum Gasteiger partial charge on any atom is -0.481 e. The summed E-state index contributed by atoms with van der Waals surface area (Å²) < 4.78 is 3.86. The summed E-state index contributed by atoms with van der Waals surface area (Å²) in [6.07, 6.45) is 1.50. The highest BCUT2D eigenvalue weighted by Gasteiger charge is 2.18. The zero-order valence-electron chi connectivity index (χ0n) is 6.74. The number of nitrogens with two attached hydrogens (primary N) is 1. The number of aromatic nitrogens is 1. The lowest BCUT2D eigenvalue weighted by atomic mass is 10.0. The van der Waals surface area contributed by atoms with Gasteiger partial charge >= 0.3 is 5.97 Å². The fourth-order valence-corrected chi connectivity index (χ4v) is 2.10. The first-order valence-corrected chi connectivity index (χ1v) is 4.82. The van der Waals surface area contributed by atoms with Crippen LogP contribution < -0.4 is 5.73 Å². The van der Waals surface area contributed by atoms with Crippen molar-refractivity contribution >= 4 is 29.1 Å². The van der Waals surface area contributed by atoms with Crippen molar-refractivity contribution in [1.82, 2.24) is 4.37 Å². The summed E-state index contributed by atoms with van der Waals surface area (Å²) in [5.41, 5.74) is 5.44. The van der Waals surface area contributed by atoms with Gasteiger partial charge in [0.25, 0.3) is 0 Å². The fraction of sp³-hybridized carbons (Fsp3) is 0.429. The van der Waals surface area contributed by atoms with Crippen molar-refractivity contribution in [3.8, 4) is 0 Å². The number of rotatable bonds is 4. The van der Waals surface area contributed by atoms with Crippen LogP contribution >= 0.6 is 23.1 Å². The van der Waals surface area contributed by atoms with Gasteiger partial charge < -0.3 is 10.8 Å². The van der Waals surface area contributed by atoms with Gasteiger partial charge in [0.1, 0.15) is 0 Å². The normalized spacial score (nSPS) is 12.8. The molecule has 0 saturated carbocycles. The maximum atomic E-state index is 10.5. The second-order valence-corrected chi connectivity index (χ2v) is 3.81. The lowest BCUT2D eigenvalue weighted by Gasteiger charge is -2.09. The third kappa shape index (κ3) is 2.65. The molecule has 6 heteroatoms. The summed E-state index contributed by atoms with van der Waals surface area (Å²) in [7, 11) is 0. The highest BCUT2D eigenvalue weighted by atomic mass is 35.5. The van der Waals surface area contributed by atoms with Crippen LogP contribution in [0.25, 0.3) is 0 Å². The Balaban J connectivity index is 2.78. The maximum absolute atomic E-state index is 10.5. The number of hydrogen-bond donors (Lipinski definition) is 2. The molecule has 3 N–H and O–H groups in total. The number of hydrogen-bond acceptors (Lipinski definition) is 4. The number of nitrogens with zero attached hydrogens (tertiary/aromatic N) is 1. The molecule has 0 fully saturated rings. The SMILES string of the molecule is NCC(CC(=O)O)c1sncc1Cl. The third-order valence-corrected chi connectivity index (χ3v) is 3.00. The van der Waals surface area contributed by atoms with E-state index in [4.69, 9.17) is 22.4 Å². The molecule has 1 unspecified atom stereocenters. The Morgan fingerprint density at radius 2 is 2.54 bits per heavy atom. The molecule has 1 rings (SSSR count). The Labute approximate surface area is 84.5 Å². The molecule has 1 atom stereocenters. The summed E-state index contributed by atoms with van der Waals surface area (Å²) >= 11 is 7.00. The van der Waals surface area contributed by atoms with Gasteiger partial charge in [-0.2, -0.15) is 4.37 Å². The van der Waals surface area contributed by atoms with Crippen LogP contribution in [-0.2, 0) is 4.79 Å². The van der Waals surface area contributed by atoms with E-state index in [0.29, 0.717) is 5.02 Å². The average Bonchev–Trinajstić information content (AvgIpc) is 2.47. The molecule has 13 heavy (non-hydrogen) atoms. The summed E-state index contributed by atoms with van der Waals surface area (Å²) in [6.45, 7) is 0.272. The first-order valence-electron chi connectivity index (χ1n) is 3.67. The zero-order valence-corrected chi connectivity index (χ0v) is 8.31. The minimum absolute atomic E-state index is 0.00157. The highest BCUT2D eigenvalue weighted by molar-refractivity contribution is 7.06. The molecule has 0 bridgehead atoms. The van der Waals surface area contributed by atoms with Crippen LogP contribution in [0.4, 0.5) is 0 Å². The first kappa shape index (κ1) is 10.4. The standard InChI is InChI=1S/C7H9ClN2O2S/c8-5-3-10-13-7(5)4(2-9)1-6(11)12/h3-4H,1-2,9H2,(H,11,12). The van der Waals surface area contributed by atoms with E-state index in [-0.39, 0.29) is 18.9 Å². The molecular formula is C7H9ClN2O2S. The molecule has 1 heterocycles. The summed E-state index contributed by atoms with van der Waals surface area (Å²) in [6, 6.07) is 0. The van der Waals surface area contributed by atoms with Gasteiger partial charge in [-0.1, -0.05) is 11.6 Å². The fourth-order valence-electron chi connectivity index (χ4n) is 1.00. The van der Waals surface area contributed by atoms with Crippen molar-refractivity contribution in [2.75, 3.05) is 6.54 Å². The van der Waals surface area contributed by atoms with Crippen molar-refractivity contribution in [1.29, 1.82) is 0 Å². The Kier molecular flexibility index (Phi) is 3.65. The lowest BCUT2D eigenvalue weighted by Crippen LogP contribution is -2.15. The molecule has 0 aromatic carbocycles. The van der Waals surface area contributed by atoms with E-state index in [0.717, 1.165) is 4.88 Å². The van der Waals surface area contributed by atoms with Crippen LogP contribution in [0.1, 0.15) is 17.2 Å². The van der Waals surface area contributed by atoms with Crippen LogP contribution in [0.15, 0.2) is 6.20 Å². The van der Waals surface area contributed by atoms with E-state index in [1.807, 2.05) is 0 Å². The topological polar surface area (TPSA) is 76.2 Å². The molecule has 1 aromatic heterocycles. The van der Waals surface area contributed by atoms with Crippen LogP contribution in [0.3, 0.4) is 0 Å². The molecule has 0 aliphatic carbocycles. The van der Waals surface area contributed by atoms with E-state index < -0.39 is 5.97 Å². The molecule has 0 spiro atoms. The zero-order chi connectivity index (χ0) is 9.84. The minimum atomic E-state index is -0.875. The Morgan fingerprint density at radius 1 is 1.85 bits per heavy atom. The van der Waals surface area contributed by atoms with Gasteiger partial charge in [0.05, 0.1) is 17.6 Å².